The lowest BCUT2D eigenvalue weighted by Gasteiger charge is -2.27. The number of hydrogen-bond donors (Lipinski definition) is 0. The molecule has 64 valence electrons. The molecule has 2 fully saturated rings. The Balaban J connectivity index is 2.03. The van der Waals surface area contributed by atoms with Crippen LogP contribution in [0.4, 0.5) is 0 Å². The third-order valence-corrected chi connectivity index (χ3v) is 3.25. The maximum absolute atomic E-state index is 8.96. The van der Waals surface area contributed by atoms with Crippen molar-refractivity contribution in [1.82, 2.24) is 0 Å². The van der Waals surface area contributed by atoms with Crippen molar-refractivity contribution < 1.29 is 0 Å². The Kier molecular flexibility index (Phi) is 1.92. The summed E-state index contributed by atoms with van der Waals surface area (Å²) < 4.78 is 0. The Morgan fingerprint density at radius 1 is 1.33 bits per heavy atom. The van der Waals surface area contributed by atoms with E-state index in [9.17, 15) is 0 Å². The molecule has 12 heavy (non-hydrogen) atoms. The van der Waals surface area contributed by atoms with E-state index in [0.717, 1.165) is 12.3 Å². The summed E-state index contributed by atoms with van der Waals surface area (Å²) in [5.74, 6) is 1.89. The molecule has 2 aliphatic carbocycles. The minimum Gasteiger partial charge on any atom is -0.198 e. The number of nitrogens with zero attached hydrogens (tertiary/aromatic N) is 1. The number of nitriles is 1. The molecule has 1 nitrogen and oxygen atoms in total. The van der Waals surface area contributed by atoms with E-state index in [1.54, 1.807) is 0 Å². The fraction of sp³-hybridized carbons (Fsp3) is 0.727. The van der Waals surface area contributed by atoms with Gasteiger partial charge in [0.15, 0.2) is 0 Å². The van der Waals surface area contributed by atoms with Crippen LogP contribution in [0.2, 0.25) is 0 Å². The zero-order valence-corrected chi connectivity index (χ0v) is 7.42. The van der Waals surface area contributed by atoms with Crippen molar-refractivity contribution in [2.45, 2.75) is 32.1 Å². The summed E-state index contributed by atoms with van der Waals surface area (Å²) in [5.41, 5.74) is 1.29. The zero-order valence-electron chi connectivity index (χ0n) is 7.42. The maximum atomic E-state index is 8.96. The SMILES string of the molecule is C=C1CCC(C2CC2)C(C#N)C1. The molecule has 0 aromatic heterocycles. The van der Waals surface area contributed by atoms with Crippen LogP contribution in [0.25, 0.3) is 0 Å². The van der Waals surface area contributed by atoms with Crippen LogP contribution in [0, 0.1) is 29.1 Å². The molecule has 0 radical (unpaired) electrons. The zero-order chi connectivity index (χ0) is 8.55. The first kappa shape index (κ1) is 7.86. The van der Waals surface area contributed by atoms with Crippen molar-refractivity contribution in [3.05, 3.63) is 12.2 Å². The minimum absolute atomic E-state index is 0.291. The van der Waals surface area contributed by atoms with Gasteiger partial charge in [-0.25, -0.2) is 0 Å². The number of hydrogen-bond acceptors (Lipinski definition) is 1. The molecule has 0 heterocycles. The molecule has 2 rings (SSSR count). The van der Waals surface area contributed by atoms with Crippen molar-refractivity contribution in [1.29, 1.82) is 5.26 Å². The maximum Gasteiger partial charge on any atom is 0.0662 e. The summed E-state index contributed by atoms with van der Waals surface area (Å²) in [5, 5.41) is 8.96. The van der Waals surface area contributed by atoms with E-state index in [4.69, 9.17) is 5.26 Å². The Labute approximate surface area is 74.1 Å². The molecular weight excluding hydrogens is 146 g/mol. The van der Waals surface area contributed by atoms with Gasteiger partial charge >= 0.3 is 0 Å². The summed E-state index contributed by atoms with van der Waals surface area (Å²) in [6.07, 6.45) is 6.10. The normalized spacial score (nSPS) is 36.1. The Morgan fingerprint density at radius 3 is 2.67 bits per heavy atom. The highest BCUT2D eigenvalue weighted by Crippen LogP contribution is 2.47. The van der Waals surface area contributed by atoms with Crippen molar-refractivity contribution in [3.63, 3.8) is 0 Å². The van der Waals surface area contributed by atoms with Crippen LogP contribution in [-0.4, -0.2) is 0 Å². The topological polar surface area (TPSA) is 23.8 Å². The average Bonchev–Trinajstić information content (AvgIpc) is 2.87. The van der Waals surface area contributed by atoms with Crippen molar-refractivity contribution in [2.24, 2.45) is 17.8 Å². The molecule has 0 spiro atoms. The predicted molar refractivity (Wildman–Crippen MR) is 48.3 cm³/mol. The Morgan fingerprint density at radius 2 is 2.08 bits per heavy atom. The summed E-state index contributed by atoms with van der Waals surface area (Å²) in [6.45, 7) is 3.98. The van der Waals surface area contributed by atoms with Gasteiger partial charge in [-0.05, 0) is 43.9 Å². The summed E-state index contributed by atoms with van der Waals surface area (Å²) in [6, 6.07) is 2.44. The van der Waals surface area contributed by atoms with Crippen LogP contribution in [0.3, 0.4) is 0 Å². The van der Waals surface area contributed by atoms with Crippen molar-refractivity contribution >= 4 is 0 Å². The summed E-state index contributed by atoms with van der Waals surface area (Å²) in [7, 11) is 0. The third kappa shape index (κ3) is 1.39. The highest BCUT2D eigenvalue weighted by molar-refractivity contribution is 5.09. The number of rotatable bonds is 1. The lowest BCUT2D eigenvalue weighted by atomic mass is 9.75. The second-order valence-electron chi connectivity index (χ2n) is 4.23. The van der Waals surface area contributed by atoms with Gasteiger partial charge in [-0.1, -0.05) is 12.2 Å². The number of allylic oxidation sites excluding steroid dienone is 1. The average molecular weight is 161 g/mol. The second-order valence-corrected chi connectivity index (χ2v) is 4.23. The van der Waals surface area contributed by atoms with Crippen LogP contribution in [-0.2, 0) is 0 Å². The van der Waals surface area contributed by atoms with Gasteiger partial charge in [-0.3, -0.25) is 0 Å². The van der Waals surface area contributed by atoms with Crippen molar-refractivity contribution in [2.75, 3.05) is 0 Å². The largest absolute Gasteiger partial charge is 0.198 e. The van der Waals surface area contributed by atoms with E-state index in [0.29, 0.717) is 11.8 Å². The summed E-state index contributed by atoms with van der Waals surface area (Å²) in [4.78, 5) is 0. The van der Waals surface area contributed by atoms with Crippen LogP contribution >= 0.6 is 0 Å². The molecule has 0 aromatic rings. The van der Waals surface area contributed by atoms with Gasteiger partial charge in [0.1, 0.15) is 0 Å². The van der Waals surface area contributed by atoms with E-state index in [1.807, 2.05) is 0 Å². The van der Waals surface area contributed by atoms with E-state index in [1.165, 1.54) is 31.3 Å². The highest BCUT2D eigenvalue weighted by Gasteiger charge is 2.38. The van der Waals surface area contributed by atoms with Gasteiger partial charge in [-0.2, -0.15) is 5.26 Å². The molecule has 1 heteroatoms. The Bertz CT molecular complexity index is 232. The smallest absolute Gasteiger partial charge is 0.0662 e. The fourth-order valence-electron chi connectivity index (χ4n) is 2.37. The first-order chi connectivity index (χ1) is 5.81. The Hall–Kier alpha value is -0.770. The lowest BCUT2D eigenvalue weighted by molar-refractivity contribution is 0.298. The quantitative estimate of drug-likeness (QED) is 0.542. The molecule has 2 unspecified atom stereocenters. The van der Waals surface area contributed by atoms with Crippen LogP contribution in [0.15, 0.2) is 12.2 Å². The van der Waals surface area contributed by atoms with E-state index in [2.05, 4.69) is 12.6 Å². The third-order valence-electron chi connectivity index (χ3n) is 3.25. The molecule has 2 atom stereocenters. The van der Waals surface area contributed by atoms with Gasteiger partial charge in [0, 0.05) is 0 Å². The van der Waals surface area contributed by atoms with Gasteiger partial charge in [0.2, 0.25) is 0 Å². The molecule has 0 bridgehead atoms. The molecular formula is C11H15N. The first-order valence-corrected chi connectivity index (χ1v) is 4.87. The van der Waals surface area contributed by atoms with E-state index >= 15 is 0 Å². The van der Waals surface area contributed by atoms with Gasteiger partial charge in [-0.15, -0.1) is 0 Å². The van der Waals surface area contributed by atoms with Crippen LogP contribution in [0.1, 0.15) is 32.1 Å². The van der Waals surface area contributed by atoms with Gasteiger partial charge in [0.25, 0.3) is 0 Å². The van der Waals surface area contributed by atoms with Crippen LogP contribution < -0.4 is 0 Å². The molecule has 2 aliphatic rings. The van der Waals surface area contributed by atoms with E-state index < -0.39 is 0 Å². The molecule has 2 saturated carbocycles. The minimum atomic E-state index is 0.291. The van der Waals surface area contributed by atoms with E-state index in [-0.39, 0.29) is 0 Å². The molecule has 0 aliphatic heterocycles. The van der Waals surface area contributed by atoms with Gasteiger partial charge in [0.05, 0.1) is 12.0 Å². The molecule has 0 N–H and O–H groups in total. The summed E-state index contributed by atoms with van der Waals surface area (Å²) >= 11 is 0. The standard InChI is InChI=1S/C11H15N/c1-8-2-5-11(9-3-4-9)10(6-8)7-12/h9-11H,1-6H2. The lowest BCUT2D eigenvalue weighted by Crippen LogP contribution is -2.20. The second kappa shape index (κ2) is 2.94. The fourth-order valence-corrected chi connectivity index (χ4v) is 2.37. The van der Waals surface area contributed by atoms with Crippen molar-refractivity contribution in [3.8, 4) is 6.07 Å². The van der Waals surface area contributed by atoms with Gasteiger partial charge < -0.3 is 0 Å². The monoisotopic (exact) mass is 161 g/mol. The first-order valence-electron chi connectivity index (χ1n) is 4.87. The molecule has 0 saturated heterocycles. The highest BCUT2D eigenvalue weighted by atomic mass is 14.4. The predicted octanol–water partition coefficient (Wildman–Crippen LogP) is 2.89. The molecule has 0 aromatic carbocycles. The molecule has 0 amide bonds. The van der Waals surface area contributed by atoms with Crippen LogP contribution in [0.5, 0.6) is 0 Å².